The van der Waals surface area contributed by atoms with Crippen LogP contribution in [0.5, 0.6) is 5.75 Å². The third-order valence-corrected chi connectivity index (χ3v) is 5.67. The van der Waals surface area contributed by atoms with Crippen LogP contribution in [0.3, 0.4) is 0 Å². The van der Waals surface area contributed by atoms with E-state index in [0.717, 1.165) is 6.20 Å². The molecule has 0 radical (unpaired) electrons. The highest BCUT2D eigenvalue weighted by atomic mass is 19.4. The summed E-state index contributed by atoms with van der Waals surface area (Å²) in [5.41, 5.74) is 6.26. The van der Waals surface area contributed by atoms with E-state index in [2.05, 4.69) is 9.72 Å². The van der Waals surface area contributed by atoms with Gasteiger partial charge in [-0.1, -0.05) is 0 Å². The number of nitrogens with zero attached hydrogens (tertiary/aromatic N) is 2. The van der Waals surface area contributed by atoms with Crippen LogP contribution < -0.4 is 10.5 Å². The SMILES string of the molecule is CC(=O)OC(C)[C@]1(C(=O)N2CCc3ncc(OC(F)(F)F)cc3C2)CC[C@@H](N)C1. The lowest BCUT2D eigenvalue weighted by molar-refractivity contribution is -0.274. The first-order valence-electron chi connectivity index (χ1n) is 9.46. The standard InChI is InChI=1S/C19H24F3N3O4/c1-11(28-12(2)26)18(5-3-14(23)8-18)17(27)25-6-4-16-13(10-25)7-15(9-24-16)29-19(20,21)22/h7,9,11,14H,3-6,8,10,23H2,1-2H3/t11?,14-,18+/m1/s1. The number of hydrogen-bond acceptors (Lipinski definition) is 6. The maximum atomic E-state index is 13.5. The zero-order chi connectivity index (χ0) is 21.4. The summed E-state index contributed by atoms with van der Waals surface area (Å²) >= 11 is 0. The van der Waals surface area contributed by atoms with Gasteiger partial charge in [-0.2, -0.15) is 0 Å². The van der Waals surface area contributed by atoms with Crippen LogP contribution >= 0.6 is 0 Å². The summed E-state index contributed by atoms with van der Waals surface area (Å²) in [6.07, 6.45) is -2.52. The van der Waals surface area contributed by atoms with Crippen molar-refractivity contribution >= 4 is 11.9 Å². The van der Waals surface area contributed by atoms with Gasteiger partial charge in [0.2, 0.25) is 5.91 Å². The lowest BCUT2D eigenvalue weighted by atomic mass is 9.78. The molecule has 3 rings (SSSR count). The van der Waals surface area contributed by atoms with Crippen LogP contribution in [0, 0.1) is 5.41 Å². The Kier molecular flexibility index (Phi) is 5.75. The van der Waals surface area contributed by atoms with Gasteiger partial charge in [0.15, 0.2) is 0 Å². The number of ether oxygens (including phenoxy) is 2. The maximum Gasteiger partial charge on any atom is 0.573 e. The molecular weight excluding hydrogens is 391 g/mol. The monoisotopic (exact) mass is 415 g/mol. The topological polar surface area (TPSA) is 94.8 Å². The minimum atomic E-state index is -4.82. The molecule has 1 fully saturated rings. The Morgan fingerprint density at radius 2 is 2.14 bits per heavy atom. The van der Waals surface area contributed by atoms with Gasteiger partial charge >= 0.3 is 12.3 Å². The van der Waals surface area contributed by atoms with Gasteiger partial charge in [0.1, 0.15) is 11.9 Å². The van der Waals surface area contributed by atoms with Crippen molar-refractivity contribution in [1.82, 2.24) is 9.88 Å². The number of nitrogens with two attached hydrogens (primary N) is 1. The molecule has 2 aliphatic rings. The van der Waals surface area contributed by atoms with Gasteiger partial charge in [-0.15, -0.1) is 13.2 Å². The number of alkyl halides is 3. The number of carbonyl (C=O) groups excluding carboxylic acids is 2. The van der Waals surface area contributed by atoms with Crippen LogP contribution in [0.25, 0.3) is 0 Å². The van der Waals surface area contributed by atoms with Gasteiger partial charge in [0.25, 0.3) is 0 Å². The van der Waals surface area contributed by atoms with E-state index in [-0.39, 0.29) is 18.5 Å². The van der Waals surface area contributed by atoms with Crippen LogP contribution in [-0.2, 0) is 27.3 Å². The number of aromatic nitrogens is 1. The lowest BCUT2D eigenvalue weighted by Crippen LogP contribution is -2.51. The summed E-state index contributed by atoms with van der Waals surface area (Å²) in [6.45, 7) is 3.46. The number of fused-ring (bicyclic) bond motifs is 1. The molecule has 1 aliphatic carbocycles. The van der Waals surface area contributed by atoms with E-state index in [1.54, 1.807) is 11.8 Å². The molecular formula is C19H24F3N3O4. The van der Waals surface area contributed by atoms with E-state index < -0.39 is 29.6 Å². The minimum Gasteiger partial charge on any atom is -0.462 e. The lowest BCUT2D eigenvalue weighted by Gasteiger charge is -2.39. The molecule has 1 aliphatic heterocycles. The summed E-state index contributed by atoms with van der Waals surface area (Å²) in [5, 5.41) is 0. The summed E-state index contributed by atoms with van der Waals surface area (Å²) in [7, 11) is 0. The van der Waals surface area contributed by atoms with Crippen molar-refractivity contribution in [1.29, 1.82) is 0 Å². The molecule has 0 spiro atoms. The summed E-state index contributed by atoms with van der Waals surface area (Å²) < 4.78 is 46.8. The summed E-state index contributed by atoms with van der Waals surface area (Å²) in [5.74, 6) is -1.10. The Hall–Kier alpha value is -2.36. The minimum absolute atomic E-state index is 0.111. The molecule has 160 valence electrons. The van der Waals surface area contributed by atoms with E-state index in [0.29, 0.717) is 43.5 Å². The average molecular weight is 415 g/mol. The van der Waals surface area contributed by atoms with Gasteiger partial charge in [0.05, 0.1) is 11.6 Å². The molecule has 1 amide bonds. The molecule has 3 atom stereocenters. The van der Waals surface area contributed by atoms with Gasteiger partial charge in [0, 0.05) is 38.2 Å². The van der Waals surface area contributed by atoms with E-state index in [1.807, 2.05) is 0 Å². The van der Waals surface area contributed by atoms with E-state index >= 15 is 0 Å². The number of rotatable bonds is 4. The van der Waals surface area contributed by atoms with Crippen molar-refractivity contribution in [2.24, 2.45) is 11.1 Å². The Morgan fingerprint density at radius 3 is 2.72 bits per heavy atom. The van der Waals surface area contributed by atoms with Crippen LogP contribution in [0.1, 0.15) is 44.4 Å². The van der Waals surface area contributed by atoms with Gasteiger partial charge in [-0.25, -0.2) is 0 Å². The quantitative estimate of drug-likeness (QED) is 0.759. The van der Waals surface area contributed by atoms with Gasteiger partial charge in [-0.3, -0.25) is 14.6 Å². The van der Waals surface area contributed by atoms with Crippen molar-refractivity contribution in [3.63, 3.8) is 0 Å². The fourth-order valence-electron chi connectivity index (χ4n) is 4.30. The molecule has 10 heteroatoms. The molecule has 1 saturated carbocycles. The zero-order valence-electron chi connectivity index (χ0n) is 16.3. The highest BCUT2D eigenvalue weighted by Crippen LogP contribution is 2.44. The third-order valence-electron chi connectivity index (χ3n) is 5.67. The first-order chi connectivity index (χ1) is 13.5. The van der Waals surface area contributed by atoms with Crippen molar-refractivity contribution in [2.45, 2.75) is 64.6 Å². The molecule has 2 heterocycles. The van der Waals surface area contributed by atoms with Gasteiger partial charge in [-0.05, 0) is 37.8 Å². The van der Waals surface area contributed by atoms with Crippen LogP contribution in [0.4, 0.5) is 13.2 Å². The fourth-order valence-corrected chi connectivity index (χ4v) is 4.30. The molecule has 0 aromatic carbocycles. The number of halogens is 3. The van der Waals surface area contributed by atoms with Crippen molar-refractivity contribution in [3.8, 4) is 5.75 Å². The smallest absolute Gasteiger partial charge is 0.462 e. The van der Waals surface area contributed by atoms with E-state index in [4.69, 9.17) is 10.5 Å². The number of carbonyl (C=O) groups is 2. The highest BCUT2D eigenvalue weighted by molar-refractivity contribution is 5.84. The largest absolute Gasteiger partial charge is 0.573 e. The first-order valence-corrected chi connectivity index (χ1v) is 9.46. The second kappa shape index (κ2) is 7.81. The molecule has 2 N–H and O–H groups in total. The van der Waals surface area contributed by atoms with Crippen LogP contribution in [0.2, 0.25) is 0 Å². The number of amides is 1. The second-order valence-electron chi connectivity index (χ2n) is 7.71. The second-order valence-corrected chi connectivity index (χ2v) is 7.71. The highest BCUT2D eigenvalue weighted by Gasteiger charge is 2.52. The number of esters is 1. The number of pyridine rings is 1. The predicted octanol–water partition coefficient (Wildman–Crippen LogP) is 2.31. The Bertz CT molecular complexity index is 801. The van der Waals surface area contributed by atoms with Crippen LogP contribution in [-0.4, -0.2) is 46.8 Å². The zero-order valence-corrected chi connectivity index (χ0v) is 16.3. The Balaban J connectivity index is 1.82. The summed E-state index contributed by atoms with van der Waals surface area (Å²) in [6, 6.07) is 1.08. The molecule has 0 bridgehead atoms. The molecule has 29 heavy (non-hydrogen) atoms. The fraction of sp³-hybridized carbons (Fsp3) is 0.632. The number of hydrogen-bond donors (Lipinski definition) is 1. The van der Waals surface area contributed by atoms with Crippen molar-refractivity contribution < 1.29 is 32.2 Å². The maximum absolute atomic E-state index is 13.5. The normalized spacial score (nSPS) is 25.3. The third kappa shape index (κ3) is 4.63. The average Bonchev–Trinajstić information content (AvgIpc) is 3.01. The van der Waals surface area contributed by atoms with Crippen LogP contribution in [0.15, 0.2) is 12.3 Å². The summed E-state index contributed by atoms with van der Waals surface area (Å²) in [4.78, 5) is 30.5. The molecule has 0 saturated heterocycles. The van der Waals surface area contributed by atoms with Gasteiger partial charge < -0.3 is 20.1 Å². The Morgan fingerprint density at radius 1 is 1.41 bits per heavy atom. The molecule has 1 unspecified atom stereocenters. The predicted molar refractivity (Wildman–Crippen MR) is 95.5 cm³/mol. The molecule has 1 aromatic heterocycles. The first kappa shape index (κ1) is 21.4. The molecule has 7 nitrogen and oxygen atoms in total. The van der Waals surface area contributed by atoms with Crippen molar-refractivity contribution in [3.05, 3.63) is 23.5 Å². The van der Waals surface area contributed by atoms with Crippen molar-refractivity contribution in [2.75, 3.05) is 6.54 Å². The van der Waals surface area contributed by atoms with E-state index in [9.17, 15) is 22.8 Å². The Labute approximate surface area is 166 Å². The molecule has 1 aromatic rings. The van der Waals surface area contributed by atoms with E-state index in [1.165, 1.54) is 13.0 Å².